The van der Waals surface area contributed by atoms with Crippen LogP contribution < -0.4 is 14.8 Å². The smallest absolute Gasteiger partial charge is 0.269 e. The Kier molecular flexibility index (Phi) is 6.52. The summed E-state index contributed by atoms with van der Waals surface area (Å²) in [6.07, 6.45) is 3.33. The van der Waals surface area contributed by atoms with Crippen LogP contribution in [0.15, 0.2) is 71.5 Å². The van der Waals surface area contributed by atoms with Crippen LogP contribution in [0.1, 0.15) is 38.2 Å². The van der Waals surface area contributed by atoms with Gasteiger partial charge in [-0.3, -0.25) is 14.2 Å². The van der Waals surface area contributed by atoms with Crippen molar-refractivity contribution in [2.45, 2.75) is 27.3 Å². The zero-order valence-electron chi connectivity index (χ0n) is 18.8. The van der Waals surface area contributed by atoms with Crippen molar-refractivity contribution in [3.8, 4) is 0 Å². The van der Waals surface area contributed by atoms with Gasteiger partial charge in [-0.15, -0.1) is 11.3 Å². The van der Waals surface area contributed by atoms with Crippen molar-refractivity contribution in [3.05, 3.63) is 125 Å². The minimum Gasteiger partial charge on any atom is -0.294 e. The first-order valence-electron chi connectivity index (χ1n) is 10.7. The molecule has 0 aliphatic carbocycles. The van der Waals surface area contributed by atoms with Gasteiger partial charge in [-0.05, 0) is 62.2 Å². The second-order valence-corrected chi connectivity index (χ2v) is 9.33. The molecule has 0 atom stereocenters. The number of aromatic nitrogens is 1. The predicted molar refractivity (Wildman–Crippen MR) is 133 cm³/mol. The fraction of sp³-hybridized carbons (Fsp3) is 0.143. The summed E-state index contributed by atoms with van der Waals surface area (Å²) < 4.78 is 16.3. The van der Waals surface area contributed by atoms with Gasteiger partial charge in [0.1, 0.15) is 10.5 Å². The molecule has 0 unspecified atom stereocenters. The summed E-state index contributed by atoms with van der Waals surface area (Å²) in [6.45, 7) is 6.08. The number of Topliss-reactive ketones (excluding diaryl/α,β-unsaturated/α-hetero) is 1. The third-order valence-electron chi connectivity index (χ3n) is 5.30. The second kappa shape index (κ2) is 9.51. The number of halogens is 1. The van der Waals surface area contributed by atoms with Gasteiger partial charge in [0, 0.05) is 11.6 Å². The zero-order chi connectivity index (χ0) is 23.5. The van der Waals surface area contributed by atoms with Gasteiger partial charge in [-0.2, -0.15) is 0 Å². The largest absolute Gasteiger partial charge is 0.294 e. The highest BCUT2D eigenvalue weighted by Crippen LogP contribution is 2.10. The number of ketones is 1. The van der Waals surface area contributed by atoms with E-state index in [0.717, 1.165) is 22.3 Å². The summed E-state index contributed by atoms with van der Waals surface area (Å²) >= 11 is 1.26. The van der Waals surface area contributed by atoms with Crippen molar-refractivity contribution in [1.82, 2.24) is 4.57 Å². The summed E-state index contributed by atoms with van der Waals surface area (Å²) in [5, 5.41) is 0. The second-order valence-electron chi connectivity index (χ2n) is 8.27. The molecule has 0 radical (unpaired) electrons. The monoisotopic (exact) mass is 457 g/mol. The maximum absolute atomic E-state index is 13.8. The molecule has 0 amide bonds. The molecule has 5 heteroatoms. The molecule has 0 saturated carbocycles. The van der Waals surface area contributed by atoms with Crippen LogP contribution >= 0.6 is 11.3 Å². The van der Waals surface area contributed by atoms with E-state index in [0.29, 0.717) is 20.3 Å². The lowest BCUT2D eigenvalue weighted by Crippen LogP contribution is -2.32. The molecule has 4 aromatic rings. The van der Waals surface area contributed by atoms with Gasteiger partial charge >= 0.3 is 0 Å². The van der Waals surface area contributed by atoms with Gasteiger partial charge in [0.15, 0.2) is 5.78 Å². The van der Waals surface area contributed by atoms with Gasteiger partial charge in [0.2, 0.25) is 0 Å². The molecule has 33 heavy (non-hydrogen) atoms. The highest BCUT2D eigenvalue weighted by Gasteiger charge is 2.10. The summed E-state index contributed by atoms with van der Waals surface area (Å²) in [5.41, 5.74) is 5.08. The summed E-state index contributed by atoms with van der Waals surface area (Å²) in [6, 6.07) is 19.7. The Morgan fingerprint density at radius 1 is 0.939 bits per heavy atom. The summed E-state index contributed by atoms with van der Waals surface area (Å²) in [5.74, 6) is -0.531. The van der Waals surface area contributed by atoms with Crippen molar-refractivity contribution in [1.29, 1.82) is 0 Å². The molecule has 0 spiro atoms. The van der Waals surface area contributed by atoms with E-state index < -0.39 is 0 Å². The van der Waals surface area contributed by atoms with E-state index in [4.69, 9.17) is 0 Å². The van der Waals surface area contributed by atoms with Gasteiger partial charge in [-0.25, -0.2) is 4.39 Å². The molecule has 1 aromatic heterocycles. The van der Waals surface area contributed by atoms with E-state index >= 15 is 0 Å². The van der Waals surface area contributed by atoms with Crippen molar-refractivity contribution in [2.75, 3.05) is 0 Å². The third kappa shape index (κ3) is 5.44. The Labute approximate surface area is 195 Å². The SMILES string of the molecule is Cc1ccc(C=c2sc(=CC(=O)c3cc(C)cc(C)c3)n(Cc3cccc(F)c3)c2=O)cc1. The van der Waals surface area contributed by atoms with Crippen molar-refractivity contribution >= 4 is 29.3 Å². The van der Waals surface area contributed by atoms with E-state index in [1.165, 1.54) is 29.5 Å². The molecule has 166 valence electrons. The maximum atomic E-state index is 13.8. The Hall–Kier alpha value is -3.57. The van der Waals surface area contributed by atoms with Crippen LogP contribution in [-0.2, 0) is 6.54 Å². The van der Waals surface area contributed by atoms with Crippen LogP contribution in [0, 0.1) is 26.6 Å². The van der Waals surface area contributed by atoms with Gasteiger partial charge in [0.25, 0.3) is 5.56 Å². The first-order chi connectivity index (χ1) is 15.8. The number of carbonyl (C=O) groups is 1. The van der Waals surface area contributed by atoms with Crippen LogP contribution in [0.3, 0.4) is 0 Å². The molecule has 0 saturated heterocycles. The number of nitrogens with zero attached hydrogens (tertiary/aromatic N) is 1. The van der Waals surface area contributed by atoms with E-state index in [-0.39, 0.29) is 23.7 Å². The average molecular weight is 458 g/mol. The standard InChI is InChI=1S/C28H24FNO2S/c1-18-7-9-21(10-8-18)15-26-28(32)30(17-22-5-4-6-24(29)14-22)27(33-26)16-25(31)23-12-19(2)11-20(3)13-23/h4-16H,17H2,1-3H3. The Morgan fingerprint density at radius 2 is 1.64 bits per heavy atom. The minimum absolute atomic E-state index is 0.169. The quantitative estimate of drug-likeness (QED) is 0.414. The fourth-order valence-corrected chi connectivity index (χ4v) is 4.78. The van der Waals surface area contributed by atoms with Gasteiger partial charge in [0.05, 0.1) is 11.1 Å². The predicted octanol–water partition coefficient (Wildman–Crippen LogP) is 4.51. The van der Waals surface area contributed by atoms with Crippen LogP contribution in [0.25, 0.3) is 12.2 Å². The molecule has 0 N–H and O–H groups in total. The number of hydrogen-bond acceptors (Lipinski definition) is 3. The Balaban J connectivity index is 1.86. The van der Waals surface area contributed by atoms with Crippen molar-refractivity contribution < 1.29 is 9.18 Å². The van der Waals surface area contributed by atoms with E-state index in [1.54, 1.807) is 16.7 Å². The molecule has 0 bridgehead atoms. The third-order valence-corrected chi connectivity index (χ3v) is 6.36. The van der Waals surface area contributed by atoms with E-state index in [2.05, 4.69) is 0 Å². The minimum atomic E-state index is -0.362. The van der Waals surface area contributed by atoms with Crippen LogP contribution in [0.2, 0.25) is 0 Å². The highest BCUT2D eigenvalue weighted by atomic mass is 32.1. The number of benzene rings is 3. The first kappa shape index (κ1) is 22.6. The van der Waals surface area contributed by atoms with Gasteiger partial charge < -0.3 is 0 Å². The molecule has 0 aliphatic rings. The number of aryl methyl sites for hydroxylation is 3. The Bertz CT molecular complexity index is 1490. The molecular weight excluding hydrogens is 433 g/mol. The lowest BCUT2D eigenvalue weighted by Gasteiger charge is -2.04. The Morgan fingerprint density at radius 3 is 2.30 bits per heavy atom. The molecule has 3 aromatic carbocycles. The molecular formula is C28H24FNO2S. The topological polar surface area (TPSA) is 39.1 Å². The molecule has 1 heterocycles. The lowest BCUT2D eigenvalue weighted by atomic mass is 10.0. The lowest BCUT2D eigenvalue weighted by molar-refractivity contribution is 0.106. The van der Waals surface area contributed by atoms with E-state index in [9.17, 15) is 14.0 Å². The van der Waals surface area contributed by atoms with Crippen LogP contribution in [0.4, 0.5) is 4.39 Å². The van der Waals surface area contributed by atoms with Crippen LogP contribution in [-0.4, -0.2) is 10.4 Å². The average Bonchev–Trinajstić information content (AvgIpc) is 3.03. The first-order valence-corrected chi connectivity index (χ1v) is 11.5. The number of thiazole rings is 1. The normalized spacial score (nSPS) is 12.4. The van der Waals surface area contributed by atoms with Crippen LogP contribution in [0.5, 0.6) is 0 Å². The van der Waals surface area contributed by atoms with Gasteiger partial charge in [-0.1, -0.05) is 59.2 Å². The maximum Gasteiger partial charge on any atom is 0.269 e. The summed E-state index contributed by atoms with van der Waals surface area (Å²) in [4.78, 5) is 26.4. The zero-order valence-corrected chi connectivity index (χ0v) is 19.6. The fourth-order valence-electron chi connectivity index (χ4n) is 3.74. The molecule has 3 nitrogen and oxygen atoms in total. The number of hydrogen-bond donors (Lipinski definition) is 0. The number of carbonyl (C=O) groups excluding carboxylic acids is 1. The highest BCUT2D eigenvalue weighted by molar-refractivity contribution is 7.07. The van der Waals surface area contributed by atoms with E-state index in [1.807, 2.05) is 69.3 Å². The molecule has 0 fully saturated rings. The summed E-state index contributed by atoms with van der Waals surface area (Å²) in [7, 11) is 0. The van der Waals surface area contributed by atoms with Crippen molar-refractivity contribution in [3.63, 3.8) is 0 Å². The number of rotatable bonds is 5. The molecule has 4 rings (SSSR count). The molecule has 0 aliphatic heterocycles. The van der Waals surface area contributed by atoms with Crippen molar-refractivity contribution in [2.24, 2.45) is 0 Å².